The van der Waals surface area contributed by atoms with E-state index in [1.807, 2.05) is 0 Å². The SMILES string of the molecule is c1ccc(CCO[Si](c2ccccc2)(c2ccccc2)c2ccccc2)cc1. The van der Waals surface area contributed by atoms with Gasteiger partial charge in [-0.2, -0.15) is 0 Å². The van der Waals surface area contributed by atoms with Crippen molar-refractivity contribution < 1.29 is 4.43 Å². The van der Waals surface area contributed by atoms with Gasteiger partial charge in [0, 0.05) is 6.61 Å². The Morgan fingerprint density at radius 1 is 0.464 bits per heavy atom. The van der Waals surface area contributed by atoms with Gasteiger partial charge in [-0.1, -0.05) is 121 Å². The Morgan fingerprint density at radius 2 is 0.821 bits per heavy atom. The van der Waals surface area contributed by atoms with E-state index in [4.69, 9.17) is 4.43 Å². The molecule has 0 radical (unpaired) electrons. The van der Waals surface area contributed by atoms with Crippen molar-refractivity contribution in [2.45, 2.75) is 6.42 Å². The number of hydrogen-bond acceptors (Lipinski definition) is 1. The van der Waals surface area contributed by atoms with Crippen LogP contribution in [0.3, 0.4) is 0 Å². The lowest BCUT2D eigenvalue weighted by molar-refractivity contribution is 0.328. The van der Waals surface area contributed by atoms with E-state index < -0.39 is 8.32 Å². The molecule has 0 spiro atoms. The van der Waals surface area contributed by atoms with Crippen LogP contribution < -0.4 is 15.6 Å². The van der Waals surface area contributed by atoms with Crippen LogP contribution in [0, 0.1) is 0 Å². The third-order valence-electron chi connectivity index (χ3n) is 5.09. The highest BCUT2D eigenvalue weighted by Crippen LogP contribution is 2.11. The van der Waals surface area contributed by atoms with Crippen molar-refractivity contribution in [2.75, 3.05) is 6.61 Å². The minimum atomic E-state index is -2.58. The summed E-state index contributed by atoms with van der Waals surface area (Å²) in [6.07, 6.45) is 0.905. The molecule has 0 aromatic heterocycles. The molecule has 0 N–H and O–H groups in total. The molecule has 0 aliphatic carbocycles. The molecule has 4 rings (SSSR count). The summed E-state index contributed by atoms with van der Waals surface area (Å²) in [5.41, 5.74) is 1.31. The van der Waals surface area contributed by atoms with Gasteiger partial charge in [-0.25, -0.2) is 0 Å². The van der Waals surface area contributed by atoms with E-state index in [1.165, 1.54) is 21.1 Å². The van der Waals surface area contributed by atoms with Crippen LogP contribution in [0.4, 0.5) is 0 Å². The van der Waals surface area contributed by atoms with Crippen molar-refractivity contribution in [1.29, 1.82) is 0 Å². The van der Waals surface area contributed by atoms with Gasteiger partial charge in [-0.15, -0.1) is 0 Å². The first-order valence-electron chi connectivity index (χ1n) is 9.74. The summed E-state index contributed by atoms with van der Waals surface area (Å²) in [7, 11) is -2.58. The number of hydrogen-bond donors (Lipinski definition) is 0. The van der Waals surface area contributed by atoms with Crippen LogP contribution in [0.25, 0.3) is 0 Å². The molecular formula is C26H24OSi. The van der Waals surface area contributed by atoms with Crippen LogP contribution in [0.2, 0.25) is 0 Å². The quantitative estimate of drug-likeness (QED) is 0.349. The lowest BCUT2D eigenvalue weighted by Gasteiger charge is -2.33. The van der Waals surface area contributed by atoms with E-state index in [0.29, 0.717) is 6.61 Å². The molecule has 0 bridgehead atoms. The van der Waals surface area contributed by atoms with Crippen LogP contribution in [0.1, 0.15) is 5.56 Å². The Hall–Kier alpha value is -2.94. The molecule has 0 amide bonds. The first-order chi connectivity index (χ1) is 13.9. The van der Waals surface area contributed by atoms with E-state index in [2.05, 4.69) is 121 Å². The summed E-state index contributed by atoms with van der Waals surface area (Å²) < 4.78 is 6.93. The fourth-order valence-electron chi connectivity index (χ4n) is 3.74. The normalized spacial score (nSPS) is 11.3. The van der Waals surface area contributed by atoms with E-state index >= 15 is 0 Å². The second-order valence-electron chi connectivity index (χ2n) is 6.86. The third-order valence-corrected chi connectivity index (χ3v) is 9.17. The molecule has 0 atom stereocenters. The highest BCUT2D eigenvalue weighted by molar-refractivity contribution is 7.07. The standard InChI is InChI=1S/C26H24OSi/c1-5-13-23(14-6-1)21-22-27-28(24-15-7-2-8-16-24,25-17-9-3-10-18-25)26-19-11-4-12-20-26/h1-20H,21-22H2. The van der Waals surface area contributed by atoms with Crippen molar-refractivity contribution >= 4 is 23.9 Å². The van der Waals surface area contributed by atoms with E-state index in [9.17, 15) is 0 Å². The monoisotopic (exact) mass is 380 g/mol. The van der Waals surface area contributed by atoms with Crippen molar-refractivity contribution in [3.05, 3.63) is 127 Å². The summed E-state index contributed by atoms with van der Waals surface area (Å²) in [5.74, 6) is 0. The Labute approximate surface area is 168 Å². The lowest BCUT2D eigenvalue weighted by atomic mass is 10.2. The molecule has 0 saturated carbocycles. The maximum absolute atomic E-state index is 6.93. The smallest absolute Gasteiger partial charge is 0.288 e. The van der Waals surface area contributed by atoms with Gasteiger partial charge in [-0.3, -0.25) is 0 Å². The summed E-state index contributed by atoms with van der Waals surface area (Å²) in [5, 5.41) is 3.83. The first-order valence-corrected chi connectivity index (χ1v) is 11.6. The molecule has 138 valence electrons. The molecule has 28 heavy (non-hydrogen) atoms. The molecule has 2 heteroatoms. The molecule has 4 aromatic carbocycles. The highest BCUT2D eigenvalue weighted by Gasteiger charge is 2.41. The molecule has 0 saturated heterocycles. The van der Waals surface area contributed by atoms with Crippen LogP contribution in [0.15, 0.2) is 121 Å². The maximum Gasteiger partial charge on any atom is 0.288 e. The van der Waals surface area contributed by atoms with E-state index in [0.717, 1.165) is 6.42 Å². The highest BCUT2D eigenvalue weighted by atomic mass is 28.4. The fraction of sp³-hybridized carbons (Fsp3) is 0.0769. The molecule has 1 nitrogen and oxygen atoms in total. The minimum Gasteiger partial charge on any atom is -0.404 e. The van der Waals surface area contributed by atoms with Gasteiger partial charge in [0.1, 0.15) is 0 Å². The molecule has 0 heterocycles. The van der Waals surface area contributed by atoms with Crippen molar-refractivity contribution in [2.24, 2.45) is 0 Å². The summed E-state index contributed by atoms with van der Waals surface area (Å²) in [6, 6.07) is 42.8. The molecule has 0 aliphatic heterocycles. The average Bonchev–Trinajstić information content (AvgIpc) is 2.79. The zero-order chi connectivity index (χ0) is 19.1. The van der Waals surface area contributed by atoms with Gasteiger partial charge in [0.2, 0.25) is 0 Å². The second kappa shape index (κ2) is 8.83. The Morgan fingerprint density at radius 3 is 1.21 bits per heavy atom. The Kier molecular flexibility index (Phi) is 5.81. The first kappa shape index (κ1) is 18.4. The topological polar surface area (TPSA) is 9.23 Å². The summed E-state index contributed by atoms with van der Waals surface area (Å²) in [4.78, 5) is 0. The predicted molar refractivity (Wildman–Crippen MR) is 120 cm³/mol. The Bertz CT molecular complexity index is 873. The fourth-order valence-corrected chi connectivity index (χ4v) is 7.63. The van der Waals surface area contributed by atoms with Gasteiger partial charge in [-0.05, 0) is 27.5 Å². The predicted octanol–water partition coefficient (Wildman–Crippen LogP) is 3.91. The van der Waals surface area contributed by atoms with E-state index in [-0.39, 0.29) is 0 Å². The number of benzene rings is 4. The lowest BCUT2D eigenvalue weighted by Crippen LogP contribution is -2.69. The third kappa shape index (κ3) is 3.84. The molecule has 0 fully saturated rings. The molecule has 0 aliphatic rings. The van der Waals surface area contributed by atoms with Crippen LogP contribution in [0.5, 0.6) is 0 Å². The molecule has 0 unspecified atom stereocenters. The van der Waals surface area contributed by atoms with Gasteiger partial charge in [0.05, 0.1) is 0 Å². The van der Waals surface area contributed by atoms with Crippen LogP contribution in [-0.4, -0.2) is 14.9 Å². The van der Waals surface area contributed by atoms with Crippen molar-refractivity contribution in [1.82, 2.24) is 0 Å². The summed E-state index contributed by atoms with van der Waals surface area (Å²) in [6.45, 7) is 0.689. The molecular weight excluding hydrogens is 356 g/mol. The minimum absolute atomic E-state index is 0.689. The van der Waals surface area contributed by atoms with Crippen LogP contribution >= 0.6 is 0 Å². The van der Waals surface area contributed by atoms with Crippen molar-refractivity contribution in [3.8, 4) is 0 Å². The molecule has 4 aromatic rings. The zero-order valence-corrected chi connectivity index (χ0v) is 16.9. The Balaban J connectivity index is 1.79. The average molecular weight is 381 g/mol. The van der Waals surface area contributed by atoms with Gasteiger partial charge in [0.25, 0.3) is 8.32 Å². The van der Waals surface area contributed by atoms with Gasteiger partial charge >= 0.3 is 0 Å². The number of rotatable bonds is 7. The second-order valence-corrected chi connectivity index (χ2v) is 10.2. The maximum atomic E-state index is 6.93. The summed E-state index contributed by atoms with van der Waals surface area (Å²) >= 11 is 0. The van der Waals surface area contributed by atoms with E-state index in [1.54, 1.807) is 0 Å². The van der Waals surface area contributed by atoms with Crippen molar-refractivity contribution in [3.63, 3.8) is 0 Å². The zero-order valence-electron chi connectivity index (χ0n) is 15.9. The van der Waals surface area contributed by atoms with Gasteiger partial charge in [0.15, 0.2) is 0 Å². The largest absolute Gasteiger partial charge is 0.404 e. The van der Waals surface area contributed by atoms with Gasteiger partial charge < -0.3 is 4.43 Å². The van der Waals surface area contributed by atoms with Crippen LogP contribution in [-0.2, 0) is 10.8 Å².